The Labute approximate surface area is 155 Å². The summed E-state index contributed by atoms with van der Waals surface area (Å²) in [5, 5.41) is 0.0761. The van der Waals surface area contributed by atoms with Crippen molar-refractivity contribution in [2.75, 3.05) is 0 Å². The molecule has 0 saturated carbocycles. The average molecular weight is 387 g/mol. The first-order valence-electron chi connectivity index (χ1n) is 9.69. The normalized spacial score (nSPS) is 13.9. The van der Waals surface area contributed by atoms with Crippen molar-refractivity contribution < 1.29 is 13.2 Å². The van der Waals surface area contributed by atoms with E-state index in [4.69, 9.17) is 0 Å². The summed E-state index contributed by atoms with van der Waals surface area (Å²) in [5.74, 6) is 0.205. The molecule has 0 nitrogen and oxygen atoms in total. The fraction of sp³-hybridized carbons (Fsp3) is 1.00. The van der Waals surface area contributed by atoms with Crippen molar-refractivity contribution in [3.63, 3.8) is 0 Å². The highest BCUT2D eigenvalue weighted by Gasteiger charge is 2.36. The van der Waals surface area contributed by atoms with E-state index in [1.807, 2.05) is 0 Å². The molecule has 0 spiro atoms. The summed E-state index contributed by atoms with van der Waals surface area (Å²) in [6.07, 6.45) is 6.42. The largest absolute Gasteiger partial charge is 0.390 e. The molecule has 1 atom stereocenters. The second kappa shape index (κ2) is 14.6. The van der Waals surface area contributed by atoms with Crippen LogP contribution in [0.1, 0.15) is 98.3 Å². The Morgan fingerprint density at radius 2 is 1.25 bits per heavy atom. The quantitative estimate of drug-likeness (QED) is 0.204. The maximum Gasteiger partial charge on any atom is 0.390 e. The highest BCUT2D eigenvalue weighted by Crippen LogP contribution is 2.43. The Bertz CT molecular complexity index is 268. The summed E-state index contributed by atoms with van der Waals surface area (Å²) in [5.41, 5.74) is 0. The van der Waals surface area contributed by atoms with Gasteiger partial charge in [0, 0.05) is 10.5 Å². The molecule has 0 aliphatic heterocycles. The third-order valence-electron chi connectivity index (χ3n) is 4.19. The zero-order valence-corrected chi connectivity index (χ0v) is 17.6. The molecule has 0 amide bonds. The van der Waals surface area contributed by atoms with Gasteiger partial charge in [-0.05, 0) is 18.8 Å². The average Bonchev–Trinajstić information content (AvgIpc) is 2.49. The van der Waals surface area contributed by atoms with E-state index in [0.29, 0.717) is 5.25 Å². The van der Waals surface area contributed by atoms with Crippen molar-refractivity contribution in [3.05, 3.63) is 0 Å². The number of hydrogen-bond donors (Lipinski definition) is 0. The smallest absolute Gasteiger partial charge is 0.171 e. The van der Waals surface area contributed by atoms with Crippen LogP contribution in [0.4, 0.5) is 13.2 Å². The van der Waals surface area contributed by atoms with Gasteiger partial charge in [0.2, 0.25) is 0 Å². The zero-order chi connectivity index (χ0) is 18.4. The third-order valence-corrected chi connectivity index (χ3v) is 7.71. The van der Waals surface area contributed by atoms with Crippen molar-refractivity contribution in [1.82, 2.24) is 0 Å². The summed E-state index contributed by atoms with van der Waals surface area (Å²) in [4.78, 5) is 0. The lowest BCUT2D eigenvalue weighted by atomic mass is 9.90. The van der Waals surface area contributed by atoms with Crippen molar-refractivity contribution in [2.45, 2.75) is 115 Å². The number of alkyl halides is 3. The summed E-state index contributed by atoms with van der Waals surface area (Å²) in [6.45, 7) is 8.45. The standard InChI is InChI=1S/C19H37F3S2/c1-5-7-9-11-13-17(14-12-10-8-6-2)18(15-19(20,21)22)24-23-16(3)4/h16-18H,5-15H2,1-4H3. The number of rotatable bonds is 15. The van der Waals surface area contributed by atoms with Crippen LogP contribution in [-0.2, 0) is 0 Å². The van der Waals surface area contributed by atoms with Gasteiger partial charge in [-0.25, -0.2) is 0 Å². The summed E-state index contributed by atoms with van der Waals surface area (Å²) in [7, 11) is 3.10. The molecule has 0 radical (unpaired) electrons. The molecular formula is C19H37F3S2. The summed E-state index contributed by atoms with van der Waals surface area (Å²) in [6, 6.07) is 0. The second-order valence-electron chi connectivity index (χ2n) is 7.06. The van der Waals surface area contributed by atoms with Crippen LogP contribution in [0.3, 0.4) is 0 Å². The minimum Gasteiger partial charge on any atom is -0.171 e. The zero-order valence-electron chi connectivity index (χ0n) is 16.0. The molecule has 0 aliphatic rings. The van der Waals surface area contributed by atoms with Gasteiger partial charge in [0.25, 0.3) is 0 Å². The van der Waals surface area contributed by atoms with Gasteiger partial charge in [-0.1, -0.05) is 101 Å². The van der Waals surface area contributed by atoms with E-state index >= 15 is 0 Å². The van der Waals surface area contributed by atoms with Crippen LogP contribution in [0, 0.1) is 5.92 Å². The van der Waals surface area contributed by atoms with E-state index in [9.17, 15) is 13.2 Å². The minimum atomic E-state index is -4.06. The molecule has 0 aromatic rings. The first-order chi connectivity index (χ1) is 11.3. The predicted molar refractivity (Wildman–Crippen MR) is 106 cm³/mol. The molecule has 146 valence electrons. The van der Waals surface area contributed by atoms with E-state index in [1.54, 1.807) is 10.8 Å². The molecule has 0 aliphatic carbocycles. The molecular weight excluding hydrogens is 349 g/mol. The Hall–Kier alpha value is 0.490. The van der Waals surface area contributed by atoms with Crippen molar-refractivity contribution >= 4 is 21.6 Å². The number of unbranched alkanes of at least 4 members (excludes halogenated alkanes) is 6. The molecule has 0 saturated heterocycles. The van der Waals surface area contributed by atoms with Crippen molar-refractivity contribution in [3.8, 4) is 0 Å². The topological polar surface area (TPSA) is 0 Å². The number of halogens is 3. The number of hydrogen-bond acceptors (Lipinski definition) is 2. The molecule has 0 fully saturated rings. The van der Waals surface area contributed by atoms with Gasteiger partial charge < -0.3 is 0 Å². The Morgan fingerprint density at radius 3 is 1.62 bits per heavy atom. The van der Waals surface area contributed by atoms with Gasteiger partial charge in [0.1, 0.15) is 0 Å². The highest BCUT2D eigenvalue weighted by molar-refractivity contribution is 8.77. The van der Waals surface area contributed by atoms with E-state index in [1.165, 1.54) is 36.5 Å². The molecule has 0 bridgehead atoms. The van der Waals surface area contributed by atoms with Crippen LogP contribution in [0.5, 0.6) is 0 Å². The van der Waals surface area contributed by atoms with E-state index in [0.717, 1.165) is 38.5 Å². The van der Waals surface area contributed by atoms with Crippen LogP contribution in [-0.4, -0.2) is 16.7 Å². The van der Waals surface area contributed by atoms with Crippen LogP contribution < -0.4 is 0 Å². The fourth-order valence-corrected chi connectivity index (χ4v) is 5.69. The fourth-order valence-electron chi connectivity index (χ4n) is 2.87. The second-order valence-corrected chi connectivity index (χ2v) is 10.1. The van der Waals surface area contributed by atoms with E-state index in [2.05, 4.69) is 27.7 Å². The molecule has 0 heterocycles. The summed E-state index contributed by atoms with van der Waals surface area (Å²) < 4.78 is 39.2. The maximum atomic E-state index is 13.1. The van der Waals surface area contributed by atoms with Crippen molar-refractivity contribution in [1.29, 1.82) is 0 Å². The Kier molecular flexibility index (Phi) is 14.9. The van der Waals surface area contributed by atoms with Gasteiger partial charge >= 0.3 is 6.18 Å². The molecule has 24 heavy (non-hydrogen) atoms. The highest BCUT2D eigenvalue weighted by atomic mass is 33.1. The molecule has 0 N–H and O–H groups in total. The van der Waals surface area contributed by atoms with Crippen molar-refractivity contribution in [2.24, 2.45) is 5.92 Å². The monoisotopic (exact) mass is 386 g/mol. The SMILES string of the molecule is CCCCCCC(CCCCCC)C(CC(F)(F)F)SSC(C)C. The molecule has 0 aromatic heterocycles. The van der Waals surface area contributed by atoms with Gasteiger partial charge in [0.15, 0.2) is 0 Å². The van der Waals surface area contributed by atoms with Gasteiger partial charge in [-0.3, -0.25) is 0 Å². The maximum absolute atomic E-state index is 13.1. The lowest BCUT2D eigenvalue weighted by Crippen LogP contribution is -2.25. The van der Waals surface area contributed by atoms with Crippen LogP contribution in [0.2, 0.25) is 0 Å². The molecule has 1 unspecified atom stereocenters. The Balaban J connectivity index is 4.71. The van der Waals surface area contributed by atoms with Gasteiger partial charge in [-0.15, -0.1) is 0 Å². The van der Waals surface area contributed by atoms with E-state index in [-0.39, 0.29) is 11.2 Å². The molecule has 0 aromatic carbocycles. The van der Waals surface area contributed by atoms with Crippen LogP contribution in [0.25, 0.3) is 0 Å². The molecule has 5 heteroatoms. The lowest BCUT2D eigenvalue weighted by molar-refractivity contribution is -0.136. The van der Waals surface area contributed by atoms with Crippen LogP contribution >= 0.6 is 21.6 Å². The lowest BCUT2D eigenvalue weighted by Gasteiger charge is -2.28. The molecule has 0 rings (SSSR count). The van der Waals surface area contributed by atoms with Gasteiger partial charge in [0.05, 0.1) is 6.42 Å². The van der Waals surface area contributed by atoms with Crippen LogP contribution in [0.15, 0.2) is 0 Å². The third kappa shape index (κ3) is 14.8. The Morgan fingerprint density at radius 1 is 0.750 bits per heavy atom. The first-order valence-corrected chi connectivity index (χ1v) is 12.0. The summed E-state index contributed by atoms with van der Waals surface area (Å²) >= 11 is 0. The predicted octanol–water partition coefficient (Wildman–Crippen LogP) is 8.65. The van der Waals surface area contributed by atoms with E-state index < -0.39 is 12.6 Å². The van der Waals surface area contributed by atoms with Gasteiger partial charge in [-0.2, -0.15) is 13.2 Å². The first kappa shape index (κ1) is 24.5. The minimum absolute atomic E-state index is 0.205.